The van der Waals surface area contributed by atoms with Gasteiger partial charge in [-0.1, -0.05) is 17.8 Å². The number of nitrogens with one attached hydrogen (secondary N) is 1. The van der Waals surface area contributed by atoms with Crippen molar-refractivity contribution in [1.82, 2.24) is 10.3 Å². The van der Waals surface area contributed by atoms with Gasteiger partial charge in [0.15, 0.2) is 22.7 Å². The molecule has 0 aliphatic rings. The summed E-state index contributed by atoms with van der Waals surface area (Å²) in [6, 6.07) is 12.3. The molecule has 29 heavy (non-hydrogen) atoms. The molecule has 0 atom stereocenters. The van der Waals surface area contributed by atoms with Gasteiger partial charge in [-0.05, 0) is 58.8 Å². The average molecular weight is 435 g/mol. The second-order valence-electron chi connectivity index (χ2n) is 5.83. The monoisotopic (exact) mass is 435 g/mol. The van der Waals surface area contributed by atoms with E-state index >= 15 is 0 Å². The molecule has 148 valence electrons. The lowest BCUT2D eigenvalue weighted by Gasteiger charge is -2.10. The molecule has 0 radical (unpaired) electrons. The number of sulfonamides is 1. The highest BCUT2D eigenvalue weighted by atomic mass is 32.2. The third-order valence-electron chi connectivity index (χ3n) is 3.89. The van der Waals surface area contributed by atoms with Gasteiger partial charge in [-0.3, -0.25) is 4.72 Å². The van der Waals surface area contributed by atoms with Crippen molar-refractivity contribution in [1.29, 1.82) is 0 Å². The molecule has 0 saturated heterocycles. The van der Waals surface area contributed by atoms with E-state index < -0.39 is 27.3 Å². The fraction of sp³-hybridized carbons (Fsp3) is 0. The first-order chi connectivity index (χ1) is 13.8. The van der Waals surface area contributed by atoms with E-state index in [0.29, 0.717) is 4.90 Å². The molecule has 11 heteroatoms. The summed E-state index contributed by atoms with van der Waals surface area (Å²) in [7, 11) is -4.31. The molecule has 7 nitrogen and oxygen atoms in total. The molecule has 1 aromatic heterocycles. The summed E-state index contributed by atoms with van der Waals surface area (Å²) >= 11 is 1.26. The highest BCUT2D eigenvalue weighted by molar-refractivity contribution is 7.99. The van der Waals surface area contributed by atoms with Crippen molar-refractivity contribution in [2.45, 2.75) is 14.7 Å². The number of aromatic nitrogens is 2. The number of anilines is 1. The smallest absolute Gasteiger partial charge is 0.264 e. The van der Waals surface area contributed by atoms with Crippen LogP contribution >= 0.6 is 11.8 Å². The van der Waals surface area contributed by atoms with Crippen LogP contribution in [-0.2, 0) is 10.0 Å². The Kier molecular flexibility index (Phi) is 4.84. The zero-order valence-electron chi connectivity index (χ0n) is 14.3. The van der Waals surface area contributed by atoms with Gasteiger partial charge >= 0.3 is 0 Å². The summed E-state index contributed by atoms with van der Waals surface area (Å²) in [6.07, 6.45) is 0. The summed E-state index contributed by atoms with van der Waals surface area (Å²) in [5, 5.41) is 16.8. The van der Waals surface area contributed by atoms with Gasteiger partial charge in [0.05, 0.1) is 5.69 Å². The van der Waals surface area contributed by atoms with Gasteiger partial charge in [0.2, 0.25) is 0 Å². The van der Waals surface area contributed by atoms with Crippen LogP contribution in [0.15, 0.2) is 73.9 Å². The van der Waals surface area contributed by atoms with E-state index in [1.807, 2.05) is 4.72 Å². The third-order valence-corrected chi connectivity index (χ3v) is 6.35. The van der Waals surface area contributed by atoms with E-state index in [2.05, 4.69) is 10.3 Å². The first-order valence-corrected chi connectivity index (χ1v) is 10.3. The minimum Gasteiger partial charge on any atom is -0.508 e. The maximum Gasteiger partial charge on any atom is 0.264 e. The Hall–Kier alpha value is -3.18. The fourth-order valence-corrected chi connectivity index (χ4v) is 4.63. The first kappa shape index (κ1) is 19.2. The van der Waals surface area contributed by atoms with Gasteiger partial charge in [-0.25, -0.2) is 21.8 Å². The Labute approximate surface area is 167 Å². The second-order valence-corrected chi connectivity index (χ2v) is 8.59. The Morgan fingerprint density at radius 3 is 2.45 bits per heavy atom. The molecule has 0 fully saturated rings. The van der Waals surface area contributed by atoms with Crippen molar-refractivity contribution in [3.05, 3.63) is 66.2 Å². The molecule has 3 aromatic carbocycles. The predicted octanol–water partition coefficient (Wildman–Crippen LogP) is 4.16. The zero-order chi connectivity index (χ0) is 20.6. The largest absolute Gasteiger partial charge is 0.508 e. The van der Waals surface area contributed by atoms with Crippen LogP contribution in [0.2, 0.25) is 0 Å². The SMILES string of the molecule is O=S(=O)(Nc1cccc(F)c1F)c1ccc(Sc2ccc(O)cc2)c2nonc12. The van der Waals surface area contributed by atoms with Crippen molar-refractivity contribution >= 4 is 38.5 Å². The van der Waals surface area contributed by atoms with E-state index in [-0.39, 0.29) is 21.7 Å². The van der Waals surface area contributed by atoms with Crippen LogP contribution in [0.5, 0.6) is 5.75 Å². The minimum absolute atomic E-state index is 0.0573. The highest BCUT2D eigenvalue weighted by Crippen LogP contribution is 2.35. The molecule has 0 aliphatic carbocycles. The van der Waals surface area contributed by atoms with Crippen molar-refractivity contribution in [2.75, 3.05) is 4.72 Å². The molecule has 4 rings (SSSR count). The number of phenols is 1. The van der Waals surface area contributed by atoms with Crippen LogP contribution in [0.4, 0.5) is 14.5 Å². The van der Waals surface area contributed by atoms with E-state index in [9.17, 15) is 22.3 Å². The van der Waals surface area contributed by atoms with Crippen LogP contribution < -0.4 is 4.72 Å². The van der Waals surface area contributed by atoms with E-state index in [4.69, 9.17) is 4.63 Å². The molecule has 4 aromatic rings. The molecule has 0 bridgehead atoms. The Bertz CT molecular complexity index is 1310. The molecule has 1 heterocycles. The van der Waals surface area contributed by atoms with Gasteiger partial charge in [-0.15, -0.1) is 0 Å². The molecule has 0 spiro atoms. The predicted molar refractivity (Wildman–Crippen MR) is 101 cm³/mol. The number of hydrogen-bond donors (Lipinski definition) is 2. The minimum atomic E-state index is -4.31. The lowest BCUT2D eigenvalue weighted by atomic mass is 10.3. The fourth-order valence-electron chi connectivity index (χ4n) is 2.54. The van der Waals surface area contributed by atoms with Crippen molar-refractivity contribution in [3.63, 3.8) is 0 Å². The van der Waals surface area contributed by atoms with Crippen molar-refractivity contribution < 1.29 is 26.9 Å². The average Bonchev–Trinajstić information content (AvgIpc) is 3.17. The van der Waals surface area contributed by atoms with Crippen LogP contribution in [0.25, 0.3) is 11.0 Å². The number of hydrogen-bond acceptors (Lipinski definition) is 7. The lowest BCUT2D eigenvalue weighted by molar-refractivity contribution is 0.314. The molecular weight excluding hydrogens is 424 g/mol. The molecule has 0 amide bonds. The number of halogens is 2. The van der Waals surface area contributed by atoms with Crippen LogP contribution in [0.3, 0.4) is 0 Å². The standard InChI is InChI=1S/C18H11F2N3O4S2/c19-12-2-1-3-13(16(12)20)23-29(25,26)15-9-8-14(17-18(15)22-27-21-17)28-11-6-4-10(24)5-7-11/h1-9,23-24H. The van der Waals surface area contributed by atoms with Gasteiger partial charge in [0.25, 0.3) is 10.0 Å². The topological polar surface area (TPSA) is 105 Å². The van der Waals surface area contributed by atoms with Crippen molar-refractivity contribution in [2.24, 2.45) is 0 Å². The third kappa shape index (κ3) is 3.74. The highest BCUT2D eigenvalue weighted by Gasteiger charge is 2.24. The van der Waals surface area contributed by atoms with Gasteiger partial charge in [-0.2, -0.15) is 0 Å². The summed E-state index contributed by atoms with van der Waals surface area (Å²) < 4.78 is 59.5. The zero-order valence-corrected chi connectivity index (χ0v) is 16.0. The molecular formula is C18H11F2N3O4S2. The van der Waals surface area contributed by atoms with E-state index in [0.717, 1.165) is 17.0 Å². The summed E-state index contributed by atoms with van der Waals surface area (Å²) in [6.45, 7) is 0. The molecule has 0 aliphatic heterocycles. The number of fused-ring (bicyclic) bond motifs is 1. The van der Waals surface area contributed by atoms with Gasteiger partial charge in [0.1, 0.15) is 10.6 Å². The number of phenolic OH excluding ortho intramolecular Hbond substituents is 1. The maximum absolute atomic E-state index is 13.9. The first-order valence-electron chi connectivity index (χ1n) is 8.04. The van der Waals surface area contributed by atoms with Crippen LogP contribution in [0.1, 0.15) is 0 Å². The second kappa shape index (κ2) is 7.33. The molecule has 0 unspecified atom stereocenters. The lowest BCUT2D eigenvalue weighted by Crippen LogP contribution is -2.15. The normalized spacial score (nSPS) is 11.7. The van der Waals surface area contributed by atoms with Crippen LogP contribution in [0, 0.1) is 11.6 Å². The van der Waals surface area contributed by atoms with Crippen molar-refractivity contribution in [3.8, 4) is 5.75 Å². The summed E-state index contributed by atoms with van der Waals surface area (Å²) in [5.41, 5.74) is -0.402. The Morgan fingerprint density at radius 1 is 0.966 bits per heavy atom. The van der Waals surface area contributed by atoms with Gasteiger partial charge in [0, 0.05) is 9.79 Å². The summed E-state index contributed by atoms with van der Waals surface area (Å²) in [4.78, 5) is 1.03. The Balaban J connectivity index is 1.72. The number of benzene rings is 3. The quantitative estimate of drug-likeness (QED) is 0.485. The number of aromatic hydroxyl groups is 1. The van der Waals surface area contributed by atoms with Gasteiger partial charge < -0.3 is 5.11 Å². The molecule has 2 N–H and O–H groups in total. The van der Waals surface area contributed by atoms with E-state index in [1.165, 1.54) is 42.1 Å². The van der Waals surface area contributed by atoms with Crippen LogP contribution in [-0.4, -0.2) is 23.8 Å². The maximum atomic E-state index is 13.9. The number of nitrogens with zero attached hydrogens (tertiary/aromatic N) is 2. The summed E-state index contributed by atoms with van der Waals surface area (Å²) in [5.74, 6) is -2.39. The number of rotatable bonds is 5. The van der Waals surface area contributed by atoms with E-state index in [1.54, 1.807) is 12.1 Å². The molecule has 0 saturated carbocycles. The Morgan fingerprint density at radius 2 is 1.69 bits per heavy atom.